The van der Waals surface area contributed by atoms with Gasteiger partial charge < -0.3 is 10.5 Å². The zero-order valence-electron chi connectivity index (χ0n) is 11.2. The number of benzene rings is 1. The third-order valence-corrected chi connectivity index (χ3v) is 3.61. The molecule has 2 heterocycles. The molecule has 104 valence electrons. The molecule has 2 aromatic rings. The minimum absolute atomic E-state index is 0.0132. The largest absolute Gasteiger partial charge is 0.398 e. The van der Waals surface area contributed by atoms with Gasteiger partial charge in [-0.05, 0) is 37.5 Å². The number of ether oxygens (including phenoxy) is 1. The summed E-state index contributed by atoms with van der Waals surface area (Å²) in [7, 11) is 0. The molecule has 0 radical (unpaired) electrons. The van der Waals surface area contributed by atoms with E-state index in [2.05, 4.69) is 5.10 Å². The van der Waals surface area contributed by atoms with Crippen LogP contribution in [0, 0.1) is 0 Å². The molecule has 20 heavy (non-hydrogen) atoms. The Bertz CT molecular complexity index is 615. The van der Waals surface area contributed by atoms with E-state index in [1.54, 1.807) is 18.3 Å². The van der Waals surface area contributed by atoms with Crippen LogP contribution in [0.15, 0.2) is 30.5 Å². The molecule has 5 heteroatoms. The highest BCUT2D eigenvalue weighted by Crippen LogP contribution is 2.29. The van der Waals surface area contributed by atoms with Crippen LogP contribution in [-0.4, -0.2) is 22.7 Å². The maximum absolute atomic E-state index is 10.8. The van der Waals surface area contributed by atoms with Gasteiger partial charge in [-0.2, -0.15) is 5.10 Å². The fraction of sp³-hybridized carbons (Fsp3) is 0.333. The maximum atomic E-state index is 10.8. The van der Waals surface area contributed by atoms with Gasteiger partial charge in [0.25, 0.3) is 0 Å². The summed E-state index contributed by atoms with van der Waals surface area (Å²) in [4.78, 5) is 10.8. The zero-order valence-corrected chi connectivity index (χ0v) is 11.2. The number of nitrogens with zero attached hydrogens (tertiary/aromatic N) is 2. The van der Waals surface area contributed by atoms with Crippen molar-refractivity contribution >= 4 is 12.0 Å². The maximum Gasteiger partial charge on any atom is 0.152 e. The first-order chi connectivity index (χ1) is 9.79. The minimum Gasteiger partial charge on any atom is -0.398 e. The normalized spacial score (nSPS) is 18.9. The van der Waals surface area contributed by atoms with Gasteiger partial charge in [0.2, 0.25) is 0 Å². The van der Waals surface area contributed by atoms with Gasteiger partial charge in [-0.25, -0.2) is 4.68 Å². The summed E-state index contributed by atoms with van der Waals surface area (Å²) in [6.07, 6.45) is 5.74. The summed E-state index contributed by atoms with van der Waals surface area (Å²) in [5.41, 5.74) is 8.77. The van der Waals surface area contributed by atoms with E-state index in [9.17, 15) is 4.79 Å². The molecule has 1 unspecified atom stereocenters. The fourth-order valence-electron chi connectivity index (χ4n) is 2.53. The molecule has 3 rings (SSSR count). The fourth-order valence-corrected chi connectivity index (χ4v) is 2.53. The Hall–Kier alpha value is -2.14. The second-order valence-corrected chi connectivity index (χ2v) is 4.94. The molecule has 1 aromatic carbocycles. The van der Waals surface area contributed by atoms with Crippen molar-refractivity contribution < 1.29 is 9.53 Å². The third kappa shape index (κ3) is 2.32. The Morgan fingerprint density at radius 2 is 2.25 bits per heavy atom. The van der Waals surface area contributed by atoms with Crippen molar-refractivity contribution in [1.82, 2.24) is 9.78 Å². The summed E-state index contributed by atoms with van der Waals surface area (Å²) < 4.78 is 7.67. The molecule has 5 nitrogen and oxygen atoms in total. The van der Waals surface area contributed by atoms with Crippen LogP contribution in [0.25, 0.3) is 11.3 Å². The highest BCUT2D eigenvalue weighted by molar-refractivity contribution is 5.85. The number of nitrogens with two attached hydrogens (primary N) is 1. The number of nitrogen functional groups attached to an aromatic ring is 1. The molecule has 0 bridgehead atoms. The zero-order chi connectivity index (χ0) is 13.9. The summed E-state index contributed by atoms with van der Waals surface area (Å²) >= 11 is 0. The van der Waals surface area contributed by atoms with Crippen molar-refractivity contribution in [2.45, 2.75) is 25.5 Å². The lowest BCUT2D eigenvalue weighted by atomic mass is 10.1. The van der Waals surface area contributed by atoms with Gasteiger partial charge in [0.15, 0.2) is 12.5 Å². The van der Waals surface area contributed by atoms with Crippen LogP contribution in [-0.2, 0) is 4.74 Å². The van der Waals surface area contributed by atoms with Crippen molar-refractivity contribution in [3.63, 3.8) is 0 Å². The summed E-state index contributed by atoms with van der Waals surface area (Å²) in [6, 6.07) is 7.36. The first-order valence-corrected chi connectivity index (χ1v) is 6.80. The predicted molar refractivity (Wildman–Crippen MR) is 76.3 cm³/mol. The molecule has 2 N–H and O–H groups in total. The van der Waals surface area contributed by atoms with E-state index in [0.717, 1.165) is 43.4 Å². The molecule has 1 aromatic heterocycles. The topological polar surface area (TPSA) is 70.1 Å². The van der Waals surface area contributed by atoms with E-state index in [-0.39, 0.29) is 6.23 Å². The Labute approximate surface area is 117 Å². The van der Waals surface area contributed by atoms with Gasteiger partial charge in [-0.3, -0.25) is 4.79 Å². The van der Waals surface area contributed by atoms with E-state index >= 15 is 0 Å². The van der Waals surface area contributed by atoms with Crippen molar-refractivity contribution in [3.8, 4) is 11.3 Å². The molecule has 1 saturated heterocycles. The summed E-state index contributed by atoms with van der Waals surface area (Å²) in [5.74, 6) is 0. The van der Waals surface area contributed by atoms with E-state index in [1.807, 2.05) is 16.8 Å². The molecule has 0 spiro atoms. The lowest BCUT2D eigenvalue weighted by molar-refractivity contribution is -0.0383. The predicted octanol–water partition coefficient (Wildman–Crippen LogP) is 2.64. The Balaban J connectivity index is 1.96. The summed E-state index contributed by atoms with van der Waals surface area (Å²) in [5, 5.41) is 4.37. The van der Waals surface area contributed by atoms with Crippen molar-refractivity contribution in [1.29, 1.82) is 0 Å². The van der Waals surface area contributed by atoms with Crippen LogP contribution < -0.4 is 5.73 Å². The number of carbonyl (C=O) groups is 1. The molecule has 1 aliphatic rings. The van der Waals surface area contributed by atoms with Gasteiger partial charge in [-0.1, -0.05) is 6.07 Å². The molecular formula is C15H17N3O2. The molecule has 1 atom stereocenters. The van der Waals surface area contributed by atoms with Crippen LogP contribution in [0.2, 0.25) is 0 Å². The number of anilines is 1. The van der Waals surface area contributed by atoms with Crippen LogP contribution in [0.4, 0.5) is 5.69 Å². The van der Waals surface area contributed by atoms with Gasteiger partial charge >= 0.3 is 0 Å². The molecular weight excluding hydrogens is 254 g/mol. The lowest BCUT2D eigenvalue weighted by Gasteiger charge is -2.24. The second-order valence-electron chi connectivity index (χ2n) is 4.94. The Morgan fingerprint density at radius 1 is 1.35 bits per heavy atom. The number of aromatic nitrogens is 2. The standard InChI is InChI=1S/C15H17N3O2/c16-13-9-11(4-5-12(13)10-19)14-6-7-17-18(14)15-3-1-2-8-20-15/h4-7,9-10,15H,1-3,8,16H2. The first kappa shape index (κ1) is 12.9. The smallest absolute Gasteiger partial charge is 0.152 e. The number of aldehydes is 1. The van der Waals surface area contributed by atoms with E-state index in [0.29, 0.717) is 11.3 Å². The lowest BCUT2D eigenvalue weighted by Crippen LogP contribution is -2.19. The van der Waals surface area contributed by atoms with Crippen LogP contribution in [0.5, 0.6) is 0 Å². The number of hydrogen-bond acceptors (Lipinski definition) is 4. The Morgan fingerprint density at radius 3 is 2.95 bits per heavy atom. The van der Waals surface area contributed by atoms with Gasteiger partial charge in [0.05, 0.1) is 5.69 Å². The van der Waals surface area contributed by atoms with E-state index in [4.69, 9.17) is 10.5 Å². The van der Waals surface area contributed by atoms with Crippen molar-refractivity contribution in [3.05, 3.63) is 36.0 Å². The molecule has 1 fully saturated rings. The number of hydrogen-bond donors (Lipinski definition) is 1. The highest BCUT2D eigenvalue weighted by atomic mass is 16.5. The van der Waals surface area contributed by atoms with Crippen LogP contribution in [0.1, 0.15) is 35.8 Å². The number of rotatable bonds is 3. The molecule has 0 amide bonds. The van der Waals surface area contributed by atoms with Crippen LogP contribution >= 0.6 is 0 Å². The van der Waals surface area contributed by atoms with Crippen LogP contribution in [0.3, 0.4) is 0 Å². The van der Waals surface area contributed by atoms with Gasteiger partial charge in [-0.15, -0.1) is 0 Å². The monoisotopic (exact) mass is 271 g/mol. The third-order valence-electron chi connectivity index (χ3n) is 3.61. The highest BCUT2D eigenvalue weighted by Gasteiger charge is 2.19. The van der Waals surface area contributed by atoms with E-state index in [1.165, 1.54) is 0 Å². The average Bonchev–Trinajstić information content (AvgIpc) is 2.97. The SMILES string of the molecule is Nc1cc(-c2ccnn2C2CCCCO2)ccc1C=O. The van der Waals surface area contributed by atoms with Crippen molar-refractivity contribution in [2.75, 3.05) is 12.3 Å². The number of carbonyl (C=O) groups excluding carboxylic acids is 1. The Kier molecular flexibility index (Phi) is 3.52. The van der Waals surface area contributed by atoms with Gasteiger partial charge in [0.1, 0.15) is 0 Å². The minimum atomic E-state index is -0.0132. The van der Waals surface area contributed by atoms with Gasteiger partial charge in [0, 0.05) is 29.6 Å². The average molecular weight is 271 g/mol. The van der Waals surface area contributed by atoms with E-state index < -0.39 is 0 Å². The quantitative estimate of drug-likeness (QED) is 0.688. The first-order valence-electron chi connectivity index (χ1n) is 6.80. The summed E-state index contributed by atoms with van der Waals surface area (Å²) in [6.45, 7) is 0.774. The molecule has 0 saturated carbocycles. The molecule has 1 aliphatic heterocycles. The second kappa shape index (κ2) is 5.46. The molecule has 0 aliphatic carbocycles. The van der Waals surface area contributed by atoms with Crippen molar-refractivity contribution in [2.24, 2.45) is 0 Å².